The Balaban J connectivity index is 0.00000168. The lowest BCUT2D eigenvalue weighted by Gasteiger charge is -2.32. The molecule has 0 amide bonds. The van der Waals surface area contributed by atoms with E-state index in [-0.39, 0.29) is 7.43 Å². The first-order chi connectivity index (χ1) is 12.3. The second-order valence-corrected chi connectivity index (χ2v) is 7.61. The molecule has 2 aromatic heterocycles. The summed E-state index contributed by atoms with van der Waals surface area (Å²) in [4.78, 5) is 7.49. The number of hydrogen-bond donors (Lipinski definition) is 1. The van der Waals surface area contributed by atoms with Gasteiger partial charge in [-0.1, -0.05) is 37.2 Å². The van der Waals surface area contributed by atoms with E-state index in [2.05, 4.69) is 45.1 Å². The summed E-state index contributed by atoms with van der Waals surface area (Å²) >= 11 is 6.07. The lowest BCUT2D eigenvalue weighted by molar-refractivity contribution is 0.187. The van der Waals surface area contributed by atoms with E-state index in [4.69, 9.17) is 16.6 Å². The van der Waals surface area contributed by atoms with Gasteiger partial charge < -0.3 is 9.72 Å². The van der Waals surface area contributed by atoms with Gasteiger partial charge in [0.2, 0.25) is 0 Å². The van der Waals surface area contributed by atoms with E-state index >= 15 is 0 Å². The van der Waals surface area contributed by atoms with E-state index < -0.39 is 0 Å². The van der Waals surface area contributed by atoms with Gasteiger partial charge in [-0.3, -0.25) is 4.90 Å². The molecule has 2 aliphatic heterocycles. The molecule has 0 radical (unpaired) electrons. The first kappa shape index (κ1) is 17.5. The maximum atomic E-state index is 6.07. The highest BCUT2D eigenvalue weighted by Gasteiger charge is 2.32. The van der Waals surface area contributed by atoms with Crippen molar-refractivity contribution in [2.75, 3.05) is 13.1 Å². The Kier molecular flexibility index (Phi) is 4.74. The number of rotatable bonds is 3. The lowest BCUT2D eigenvalue weighted by Crippen LogP contribution is -2.50. The van der Waals surface area contributed by atoms with Crippen molar-refractivity contribution >= 4 is 17.2 Å². The van der Waals surface area contributed by atoms with Crippen molar-refractivity contribution in [3.63, 3.8) is 0 Å². The minimum atomic E-state index is 0. The number of hydrogen-bond acceptors (Lipinski definition) is 3. The molecule has 1 aromatic carbocycles. The third-order valence-electron chi connectivity index (χ3n) is 5.41. The summed E-state index contributed by atoms with van der Waals surface area (Å²) < 4.78 is 2.23. The number of aromatic nitrogens is 2. The number of fused-ring (bicyclic) bond motifs is 3. The summed E-state index contributed by atoms with van der Waals surface area (Å²) in [7, 11) is 0. The predicted molar refractivity (Wildman–Crippen MR) is 108 cm³/mol. The molecule has 5 rings (SSSR count). The molecule has 136 valence electrons. The van der Waals surface area contributed by atoms with Crippen LogP contribution in [0.25, 0.3) is 16.9 Å². The summed E-state index contributed by atoms with van der Waals surface area (Å²) in [5.41, 5.74) is 4.45. The molecule has 2 aliphatic rings. The molecule has 1 N–H and O–H groups in total. The van der Waals surface area contributed by atoms with Crippen molar-refractivity contribution in [2.24, 2.45) is 0 Å². The predicted octanol–water partition coefficient (Wildman–Crippen LogP) is 4.23. The van der Waals surface area contributed by atoms with Gasteiger partial charge in [-0.05, 0) is 37.1 Å². The van der Waals surface area contributed by atoms with E-state index in [0.717, 1.165) is 41.6 Å². The Morgan fingerprint density at radius 3 is 2.50 bits per heavy atom. The molecule has 2 bridgehead atoms. The average Bonchev–Trinajstić information content (AvgIpc) is 3.16. The van der Waals surface area contributed by atoms with Gasteiger partial charge in [0.15, 0.2) is 0 Å². The van der Waals surface area contributed by atoms with Gasteiger partial charge in [-0.2, -0.15) is 0 Å². The summed E-state index contributed by atoms with van der Waals surface area (Å²) in [6.07, 6.45) is 4.73. The Bertz CT molecular complexity index is 890. The molecule has 4 nitrogen and oxygen atoms in total. The molecule has 2 fully saturated rings. The minimum absolute atomic E-state index is 0. The van der Waals surface area contributed by atoms with Gasteiger partial charge in [0.05, 0.1) is 11.4 Å². The van der Waals surface area contributed by atoms with Crippen LogP contribution in [0.1, 0.15) is 26.0 Å². The van der Waals surface area contributed by atoms with E-state index in [9.17, 15) is 0 Å². The zero-order valence-electron chi connectivity index (χ0n) is 14.0. The monoisotopic (exact) mass is 368 g/mol. The van der Waals surface area contributed by atoms with Crippen LogP contribution in [-0.4, -0.2) is 39.5 Å². The molecule has 2 unspecified atom stereocenters. The molecule has 5 heteroatoms. The second kappa shape index (κ2) is 7.03. The number of likely N-dealkylation sites (tertiary alicyclic amines) is 1. The van der Waals surface area contributed by atoms with Gasteiger partial charge >= 0.3 is 0 Å². The van der Waals surface area contributed by atoms with E-state index in [0.29, 0.717) is 12.1 Å². The Morgan fingerprint density at radius 1 is 1.04 bits per heavy atom. The van der Waals surface area contributed by atoms with Crippen molar-refractivity contribution in [2.45, 2.75) is 38.9 Å². The largest absolute Gasteiger partial charge is 0.309 e. The van der Waals surface area contributed by atoms with Crippen molar-refractivity contribution in [1.29, 1.82) is 0 Å². The van der Waals surface area contributed by atoms with Crippen LogP contribution in [0.3, 0.4) is 0 Å². The van der Waals surface area contributed by atoms with Crippen LogP contribution in [0.15, 0.2) is 48.7 Å². The van der Waals surface area contributed by atoms with Gasteiger partial charge in [-0.25, -0.2) is 4.98 Å². The molecule has 0 spiro atoms. The molecule has 0 saturated carbocycles. The van der Waals surface area contributed by atoms with Crippen molar-refractivity contribution in [1.82, 2.24) is 19.6 Å². The highest BCUT2D eigenvalue weighted by molar-refractivity contribution is 6.30. The highest BCUT2D eigenvalue weighted by Crippen LogP contribution is 2.28. The molecular weight excluding hydrogens is 344 g/mol. The fourth-order valence-corrected chi connectivity index (χ4v) is 4.39. The van der Waals surface area contributed by atoms with Crippen LogP contribution in [0.5, 0.6) is 0 Å². The minimum Gasteiger partial charge on any atom is -0.309 e. The standard InChI is InChI=1S/C20H21ClN4.CH4/c21-15-6-4-14(5-7-15)20-18(25-10-2-1-3-19(25)23-20)13-24-11-16-8-9-17(12-24)22-16;/h1-7,10,16-17,22H,8-9,11-13H2;1H4. The van der Waals surface area contributed by atoms with Crippen LogP contribution in [0.4, 0.5) is 0 Å². The first-order valence-electron chi connectivity index (χ1n) is 8.96. The van der Waals surface area contributed by atoms with E-state index in [1.165, 1.54) is 18.5 Å². The summed E-state index contributed by atoms with van der Waals surface area (Å²) in [6, 6.07) is 15.5. The maximum Gasteiger partial charge on any atom is 0.137 e. The smallest absolute Gasteiger partial charge is 0.137 e. The third-order valence-corrected chi connectivity index (χ3v) is 5.66. The fourth-order valence-electron chi connectivity index (χ4n) is 4.27. The fraction of sp³-hybridized carbons (Fsp3) is 0.381. The zero-order valence-corrected chi connectivity index (χ0v) is 14.8. The first-order valence-corrected chi connectivity index (χ1v) is 9.34. The Morgan fingerprint density at radius 2 is 1.77 bits per heavy atom. The van der Waals surface area contributed by atoms with Gasteiger partial charge in [0.1, 0.15) is 5.65 Å². The molecule has 26 heavy (non-hydrogen) atoms. The van der Waals surface area contributed by atoms with Gasteiger partial charge in [0.25, 0.3) is 0 Å². The van der Waals surface area contributed by atoms with Crippen LogP contribution in [0, 0.1) is 0 Å². The number of halogens is 1. The Labute approximate surface area is 159 Å². The maximum absolute atomic E-state index is 6.07. The zero-order chi connectivity index (χ0) is 16.8. The molecule has 4 heterocycles. The number of imidazole rings is 1. The van der Waals surface area contributed by atoms with E-state index in [1.54, 1.807) is 0 Å². The SMILES string of the molecule is C.Clc1ccc(-c2nc3ccccn3c2CN2CC3CCC(C2)N3)cc1. The number of nitrogens with one attached hydrogen (secondary N) is 1. The average molecular weight is 369 g/mol. The van der Waals surface area contributed by atoms with Crippen molar-refractivity contribution < 1.29 is 0 Å². The normalized spacial score (nSPS) is 22.5. The van der Waals surface area contributed by atoms with E-state index in [1.807, 2.05) is 18.2 Å². The topological polar surface area (TPSA) is 32.6 Å². The van der Waals surface area contributed by atoms with Crippen LogP contribution in [-0.2, 0) is 6.54 Å². The Hall–Kier alpha value is -1.88. The highest BCUT2D eigenvalue weighted by atomic mass is 35.5. The molecule has 3 aromatic rings. The molecule has 0 aliphatic carbocycles. The van der Waals surface area contributed by atoms with Crippen molar-refractivity contribution in [3.8, 4) is 11.3 Å². The number of pyridine rings is 1. The lowest BCUT2D eigenvalue weighted by atomic mass is 10.1. The quantitative estimate of drug-likeness (QED) is 0.751. The van der Waals surface area contributed by atoms with Crippen LogP contribution < -0.4 is 5.32 Å². The molecule has 2 saturated heterocycles. The summed E-state index contributed by atoms with van der Waals surface area (Å²) in [6.45, 7) is 3.17. The summed E-state index contributed by atoms with van der Waals surface area (Å²) in [5.74, 6) is 0. The molecule has 2 atom stereocenters. The summed E-state index contributed by atoms with van der Waals surface area (Å²) in [5, 5.41) is 4.47. The van der Waals surface area contributed by atoms with Crippen LogP contribution >= 0.6 is 11.6 Å². The molecular formula is C21H25ClN4. The van der Waals surface area contributed by atoms with Crippen molar-refractivity contribution in [3.05, 3.63) is 59.4 Å². The third kappa shape index (κ3) is 3.13. The number of piperazine rings is 1. The van der Waals surface area contributed by atoms with Gasteiger partial charge in [0, 0.05) is 48.5 Å². The second-order valence-electron chi connectivity index (χ2n) is 7.17. The van der Waals surface area contributed by atoms with Gasteiger partial charge in [-0.15, -0.1) is 0 Å². The number of benzene rings is 1. The number of nitrogens with zero attached hydrogens (tertiary/aromatic N) is 3. The van der Waals surface area contributed by atoms with Crippen LogP contribution in [0.2, 0.25) is 5.02 Å².